The van der Waals surface area contributed by atoms with E-state index in [1.807, 2.05) is 30.1 Å². The fourth-order valence-electron chi connectivity index (χ4n) is 4.62. The maximum atomic E-state index is 10.4. The van der Waals surface area contributed by atoms with E-state index in [0.717, 1.165) is 68.8 Å². The molecule has 6 nitrogen and oxygen atoms in total. The van der Waals surface area contributed by atoms with E-state index in [1.54, 1.807) is 0 Å². The van der Waals surface area contributed by atoms with Crippen molar-refractivity contribution in [3.05, 3.63) is 70.5 Å². The van der Waals surface area contributed by atoms with Gasteiger partial charge in [-0.05, 0) is 79.1 Å². The molecular formula is C25H29N3O3. The number of benzene rings is 2. The second-order valence-electron chi connectivity index (χ2n) is 8.59. The lowest BCUT2D eigenvalue weighted by Crippen LogP contribution is -2.27. The molecule has 0 saturated carbocycles. The largest absolute Gasteiger partial charge is 0.508 e. The van der Waals surface area contributed by atoms with E-state index in [1.165, 1.54) is 22.3 Å². The third-order valence-corrected chi connectivity index (χ3v) is 6.30. The van der Waals surface area contributed by atoms with Crippen LogP contribution >= 0.6 is 0 Å². The molecule has 0 fully saturated rings. The van der Waals surface area contributed by atoms with Crippen molar-refractivity contribution in [1.82, 2.24) is 14.7 Å². The number of phenols is 1. The van der Waals surface area contributed by atoms with Gasteiger partial charge in [-0.3, -0.25) is 9.58 Å². The summed E-state index contributed by atoms with van der Waals surface area (Å²) in [5.74, 6) is 2.06. The Bertz CT molecular complexity index is 1080. The fourth-order valence-corrected chi connectivity index (χ4v) is 4.62. The molecule has 3 heterocycles. The molecule has 1 N–H and O–H groups in total. The summed E-state index contributed by atoms with van der Waals surface area (Å²) in [6.45, 7) is 3.19. The van der Waals surface area contributed by atoms with Gasteiger partial charge in [-0.15, -0.1) is 0 Å². The highest BCUT2D eigenvalue weighted by molar-refractivity contribution is 5.49. The van der Waals surface area contributed by atoms with Crippen molar-refractivity contribution >= 4 is 0 Å². The van der Waals surface area contributed by atoms with Crippen LogP contribution in [0.15, 0.2) is 42.7 Å². The normalized spacial score (nSPS) is 16.8. The number of nitrogens with zero attached hydrogens (tertiary/aromatic N) is 3. The number of fused-ring (bicyclic) bond motifs is 4. The van der Waals surface area contributed by atoms with Crippen LogP contribution in [-0.4, -0.2) is 39.7 Å². The van der Waals surface area contributed by atoms with Gasteiger partial charge in [-0.25, -0.2) is 0 Å². The number of hydrogen-bond donors (Lipinski definition) is 1. The van der Waals surface area contributed by atoms with Gasteiger partial charge in [0, 0.05) is 31.9 Å². The predicted octanol–water partition coefficient (Wildman–Crippen LogP) is 3.63. The Kier molecular flexibility index (Phi) is 5.55. The Labute approximate surface area is 183 Å². The molecule has 2 aromatic carbocycles. The van der Waals surface area contributed by atoms with Gasteiger partial charge in [-0.2, -0.15) is 5.10 Å². The van der Waals surface area contributed by atoms with E-state index in [0.29, 0.717) is 12.5 Å². The Balaban J connectivity index is 1.43. The quantitative estimate of drug-likeness (QED) is 0.687. The molecule has 6 heteroatoms. The standard InChI is InChI=1S/C25H29N3O3/c1-27-15-19(14-26-27)16-28-9-2-3-20-12-24-25(31-17-30-24)13-21(20)5-6-22-11-18(8-10-28)4-7-23(22)29/h4,7,11-15,29H,2-3,5-6,8-10,16-17H2,1H3. The number of phenolic OH excluding ortho intramolecular Hbond substituents is 1. The molecule has 162 valence electrons. The van der Waals surface area contributed by atoms with Gasteiger partial charge in [0.15, 0.2) is 11.5 Å². The Morgan fingerprint density at radius 2 is 1.71 bits per heavy atom. The minimum Gasteiger partial charge on any atom is -0.508 e. The molecule has 2 bridgehead atoms. The second-order valence-corrected chi connectivity index (χ2v) is 8.59. The smallest absolute Gasteiger partial charge is 0.231 e. The van der Waals surface area contributed by atoms with Crippen LogP contribution in [0.2, 0.25) is 0 Å². The highest BCUT2D eigenvalue weighted by Gasteiger charge is 2.18. The van der Waals surface area contributed by atoms with Crippen molar-refractivity contribution in [1.29, 1.82) is 0 Å². The topological polar surface area (TPSA) is 59.8 Å². The summed E-state index contributed by atoms with van der Waals surface area (Å²) in [4.78, 5) is 2.51. The summed E-state index contributed by atoms with van der Waals surface area (Å²) in [6, 6.07) is 10.3. The number of rotatable bonds is 2. The van der Waals surface area contributed by atoms with Gasteiger partial charge < -0.3 is 14.6 Å². The van der Waals surface area contributed by atoms with Gasteiger partial charge in [0.05, 0.1) is 6.20 Å². The van der Waals surface area contributed by atoms with E-state index in [2.05, 4.69) is 34.4 Å². The van der Waals surface area contributed by atoms with Crippen molar-refractivity contribution in [3.63, 3.8) is 0 Å². The molecule has 0 atom stereocenters. The summed E-state index contributed by atoms with van der Waals surface area (Å²) in [5.41, 5.74) is 6.13. The summed E-state index contributed by atoms with van der Waals surface area (Å²) in [7, 11) is 1.96. The third kappa shape index (κ3) is 4.54. The maximum absolute atomic E-state index is 10.4. The number of aromatic nitrogens is 2. The Morgan fingerprint density at radius 1 is 0.935 bits per heavy atom. The minimum absolute atomic E-state index is 0.292. The predicted molar refractivity (Wildman–Crippen MR) is 119 cm³/mol. The third-order valence-electron chi connectivity index (χ3n) is 6.30. The van der Waals surface area contributed by atoms with E-state index < -0.39 is 0 Å². The molecular weight excluding hydrogens is 390 g/mol. The van der Waals surface area contributed by atoms with Crippen LogP contribution in [0.25, 0.3) is 0 Å². The minimum atomic E-state index is 0.292. The van der Waals surface area contributed by atoms with E-state index >= 15 is 0 Å². The molecule has 1 aromatic heterocycles. The van der Waals surface area contributed by atoms with Crippen LogP contribution in [0.5, 0.6) is 17.2 Å². The van der Waals surface area contributed by atoms with Gasteiger partial charge in [0.2, 0.25) is 6.79 Å². The summed E-state index contributed by atoms with van der Waals surface area (Å²) in [5, 5.41) is 14.7. The summed E-state index contributed by atoms with van der Waals surface area (Å²) < 4.78 is 13.1. The van der Waals surface area contributed by atoms with Crippen LogP contribution in [0.1, 0.15) is 34.2 Å². The van der Waals surface area contributed by atoms with Crippen molar-refractivity contribution in [2.75, 3.05) is 19.9 Å². The fraction of sp³-hybridized carbons (Fsp3) is 0.400. The summed E-state index contributed by atoms with van der Waals surface area (Å²) >= 11 is 0. The Morgan fingerprint density at radius 3 is 2.48 bits per heavy atom. The monoisotopic (exact) mass is 419 g/mol. The van der Waals surface area contributed by atoms with Crippen molar-refractivity contribution in [3.8, 4) is 17.2 Å². The van der Waals surface area contributed by atoms with Crippen LogP contribution in [0, 0.1) is 0 Å². The van der Waals surface area contributed by atoms with Crippen molar-refractivity contribution < 1.29 is 14.6 Å². The molecule has 2 aliphatic heterocycles. The first kappa shape index (κ1) is 19.9. The molecule has 0 saturated heterocycles. The molecule has 3 aromatic rings. The SMILES string of the molecule is Cn1cc(CN2CCCc3cc4c(cc3CCc3cc(ccc3O)CC2)OCO4)cn1. The van der Waals surface area contributed by atoms with Crippen LogP contribution in [0.4, 0.5) is 0 Å². The lowest BCUT2D eigenvalue weighted by atomic mass is 9.95. The van der Waals surface area contributed by atoms with Crippen LogP contribution < -0.4 is 9.47 Å². The van der Waals surface area contributed by atoms with Crippen LogP contribution in [0.3, 0.4) is 0 Å². The van der Waals surface area contributed by atoms with E-state index in [4.69, 9.17) is 9.47 Å². The zero-order valence-corrected chi connectivity index (χ0v) is 18.0. The molecule has 31 heavy (non-hydrogen) atoms. The summed E-state index contributed by atoms with van der Waals surface area (Å²) in [6.07, 6.45) is 8.78. The Hall–Kier alpha value is -2.99. The second kappa shape index (κ2) is 8.63. The number of aryl methyl sites for hydroxylation is 4. The molecule has 0 aliphatic carbocycles. The number of ether oxygens (including phenoxy) is 2. The molecule has 0 amide bonds. The van der Waals surface area contributed by atoms with Gasteiger partial charge in [-0.1, -0.05) is 12.1 Å². The maximum Gasteiger partial charge on any atom is 0.231 e. The lowest BCUT2D eigenvalue weighted by molar-refractivity contribution is 0.174. The van der Waals surface area contributed by atoms with Gasteiger partial charge >= 0.3 is 0 Å². The molecule has 0 unspecified atom stereocenters. The highest BCUT2D eigenvalue weighted by Crippen LogP contribution is 2.36. The first-order valence-corrected chi connectivity index (χ1v) is 11.1. The number of hydrogen-bond acceptors (Lipinski definition) is 5. The van der Waals surface area contributed by atoms with Crippen molar-refractivity contribution in [2.24, 2.45) is 7.05 Å². The van der Waals surface area contributed by atoms with E-state index in [9.17, 15) is 5.11 Å². The molecule has 2 aliphatic rings. The first-order chi connectivity index (χ1) is 15.1. The average Bonchev–Trinajstić information content (AvgIpc) is 3.39. The van der Waals surface area contributed by atoms with Crippen molar-refractivity contribution in [2.45, 2.75) is 38.6 Å². The van der Waals surface area contributed by atoms with Gasteiger partial charge in [0.25, 0.3) is 0 Å². The molecule has 0 radical (unpaired) electrons. The number of aromatic hydroxyl groups is 1. The van der Waals surface area contributed by atoms with Gasteiger partial charge in [0.1, 0.15) is 5.75 Å². The van der Waals surface area contributed by atoms with Crippen LogP contribution in [-0.2, 0) is 39.3 Å². The zero-order chi connectivity index (χ0) is 21.2. The highest BCUT2D eigenvalue weighted by atomic mass is 16.7. The average molecular weight is 420 g/mol. The molecule has 0 spiro atoms. The molecule has 5 rings (SSSR count). The zero-order valence-electron chi connectivity index (χ0n) is 18.0. The lowest BCUT2D eigenvalue weighted by Gasteiger charge is -2.22. The first-order valence-electron chi connectivity index (χ1n) is 11.1. The van der Waals surface area contributed by atoms with E-state index in [-0.39, 0.29) is 0 Å².